The van der Waals surface area contributed by atoms with Crippen LogP contribution in [0.15, 0.2) is 64.4 Å². The largest absolute Gasteiger partial charge is 0.376 e. The molecule has 1 saturated heterocycles. The maximum absolute atomic E-state index is 12.7. The van der Waals surface area contributed by atoms with Crippen molar-refractivity contribution in [2.24, 2.45) is 0 Å². The van der Waals surface area contributed by atoms with Gasteiger partial charge in [0.05, 0.1) is 18.4 Å². The number of nitrogens with one attached hydrogen (secondary N) is 1. The van der Waals surface area contributed by atoms with E-state index in [1.54, 1.807) is 0 Å². The van der Waals surface area contributed by atoms with Crippen molar-refractivity contribution in [3.05, 3.63) is 64.8 Å². The second kappa shape index (κ2) is 8.98. The number of halogens is 1. The Hall–Kier alpha value is -2.42. The fraction of sp³-hybridized carbons (Fsp3) is 0.261. The Morgan fingerprint density at radius 2 is 2.03 bits per heavy atom. The zero-order valence-corrected chi connectivity index (χ0v) is 19.2. The molecule has 0 bridgehead atoms. The lowest BCUT2D eigenvalue weighted by molar-refractivity contribution is 0.0953. The zero-order chi connectivity index (χ0) is 21.2. The molecule has 2 aromatic carbocycles. The van der Waals surface area contributed by atoms with E-state index in [2.05, 4.69) is 41.7 Å². The molecular weight excluding hydrogens is 476 g/mol. The van der Waals surface area contributed by atoms with Gasteiger partial charge in [0.15, 0.2) is 16.8 Å². The van der Waals surface area contributed by atoms with E-state index in [4.69, 9.17) is 4.74 Å². The minimum Gasteiger partial charge on any atom is -0.376 e. The lowest BCUT2D eigenvalue weighted by atomic mass is 10.1. The maximum atomic E-state index is 12.7. The monoisotopic (exact) mass is 496 g/mol. The molecule has 0 aliphatic carbocycles. The van der Waals surface area contributed by atoms with Crippen LogP contribution in [0.1, 0.15) is 23.2 Å². The predicted molar refractivity (Wildman–Crippen MR) is 125 cm³/mol. The summed E-state index contributed by atoms with van der Waals surface area (Å²) in [4.78, 5) is 16.0. The Morgan fingerprint density at radius 1 is 1.19 bits per heavy atom. The van der Waals surface area contributed by atoms with Gasteiger partial charge in [0.1, 0.15) is 0 Å². The van der Waals surface area contributed by atoms with Gasteiger partial charge in [-0.2, -0.15) is 0 Å². The number of para-hydroxylation sites is 1. The number of fused-ring (bicyclic) bond motifs is 1. The molecule has 31 heavy (non-hydrogen) atoms. The van der Waals surface area contributed by atoms with E-state index in [-0.39, 0.29) is 11.9 Å². The topological polar surface area (TPSA) is 72.8 Å². The van der Waals surface area contributed by atoms with Crippen LogP contribution in [0.2, 0.25) is 0 Å². The van der Waals surface area contributed by atoms with Crippen LogP contribution < -0.4 is 0 Å². The Bertz CT molecular complexity index is 1210. The van der Waals surface area contributed by atoms with E-state index in [0.29, 0.717) is 17.9 Å². The summed E-state index contributed by atoms with van der Waals surface area (Å²) in [5.74, 6) is 1.17. The average molecular weight is 497 g/mol. The normalized spacial score (nSPS) is 16.2. The number of hydrogen-bond acceptors (Lipinski definition) is 5. The summed E-state index contributed by atoms with van der Waals surface area (Å²) < 4.78 is 8.94. The molecule has 8 heteroatoms. The predicted octanol–water partition coefficient (Wildman–Crippen LogP) is 5.34. The molecule has 5 rings (SSSR count). The number of hydrogen-bond donors (Lipinski definition) is 1. The number of aromatic amines is 1. The lowest BCUT2D eigenvalue weighted by Crippen LogP contribution is -2.17. The van der Waals surface area contributed by atoms with Crippen molar-refractivity contribution in [2.75, 3.05) is 12.4 Å². The van der Waals surface area contributed by atoms with Gasteiger partial charge in [-0.15, -0.1) is 10.2 Å². The van der Waals surface area contributed by atoms with Crippen LogP contribution in [-0.4, -0.2) is 44.0 Å². The minimum atomic E-state index is 0.0674. The highest BCUT2D eigenvalue weighted by molar-refractivity contribution is 9.10. The third-order valence-electron chi connectivity index (χ3n) is 5.46. The molecule has 1 atom stereocenters. The van der Waals surface area contributed by atoms with Gasteiger partial charge in [0, 0.05) is 39.3 Å². The minimum absolute atomic E-state index is 0.0674. The molecule has 1 unspecified atom stereocenters. The SMILES string of the molecule is O=C(CSc1nnc(-c2c[nH]c3ccccc23)n1CC1CCCO1)c1ccc(Br)cc1. The molecule has 3 heterocycles. The molecule has 1 fully saturated rings. The summed E-state index contributed by atoms with van der Waals surface area (Å²) in [6, 6.07) is 15.6. The van der Waals surface area contributed by atoms with Gasteiger partial charge < -0.3 is 9.72 Å². The Labute approximate surface area is 192 Å². The summed E-state index contributed by atoms with van der Waals surface area (Å²) in [5.41, 5.74) is 2.76. The first-order valence-corrected chi connectivity index (χ1v) is 12.0. The van der Waals surface area contributed by atoms with Crippen molar-refractivity contribution < 1.29 is 9.53 Å². The fourth-order valence-corrected chi connectivity index (χ4v) is 4.96. The van der Waals surface area contributed by atoms with E-state index >= 15 is 0 Å². The highest BCUT2D eigenvalue weighted by Gasteiger charge is 2.23. The van der Waals surface area contributed by atoms with Crippen molar-refractivity contribution in [3.8, 4) is 11.4 Å². The number of nitrogens with zero attached hydrogens (tertiary/aromatic N) is 3. The molecular formula is C23H21BrN4O2S. The van der Waals surface area contributed by atoms with Gasteiger partial charge >= 0.3 is 0 Å². The number of ketones is 1. The van der Waals surface area contributed by atoms with Gasteiger partial charge in [-0.1, -0.05) is 58.0 Å². The average Bonchev–Trinajstić information content (AvgIpc) is 3.53. The molecule has 6 nitrogen and oxygen atoms in total. The maximum Gasteiger partial charge on any atom is 0.192 e. The molecule has 1 N–H and O–H groups in total. The van der Waals surface area contributed by atoms with Gasteiger partial charge in [0.2, 0.25) is 0 Å². The van der Waals surface area contributed by atoms with E-state index in [1.807, 2.05) is 48.7 Å². The second-order valence-electron chi connectivity index (χ2n) is 7.52. The molecule has 158 valence electrons. The van der Waals surface area contributed by atoms with E-state index < -0.39 is 0 Å². The first-order valence-electron chi connectivity index (χ1n) is 10.2. The number of rotatable bonds is 7. The number of thioether (sulfide) groups is 1. The Balaban J connectivity index is 1.44. The standard InChI is InChI=1S/C23H21BrN4O2S/c24-16-9-7-15(8-10-16)21(29)14-31-23-27-26-22(28(23)13-17-4-3-11-30-17)19-12-25-20-6-2-1-5-18(19)20/h1-2,5-10,12,17,25H,3-4,11,13-14H2. The second-order valence-corrected chi connectivity index (χ2v) is 9.38. The summed E-state index contributed by atoms with van der Waals surface area (Å²) in [5, 5.41) is 10.8. The first kappa shape index (κ1) is 20.5. The lowest BCUT2D eigenvalue weighted by Gasteiger charge is -2.14. The fourth-order valence-electron chi connectivity index (χ4n) is 3.86. The molecule has 0 amide bonds. The summed E-state index contributed by atoms with van der Waals surface area (Å²) in [7, 11) is 0. The third kappa shape index (κ3) is 4.33. The molecule has 0 spiro atoms. The zero-order valence-electron chi connectivity index (χ0n) is 16.8. The van der Waals surface area contributed by atoms with Crippen molar-refractivity contribution >= 4 is 44.4 Å². The van der Waals surface area contributed by atoms with Crippen molar-refractivity contribution in [3.63, 3.8) is 0 Å². The van der Waals surface area contributed by atoms with Gasteiger partial charge in [-0.05, 0) is 31.0 Å². The van der Waals surface area contributed by atoms with Crippen molar-refractivity contribution in [1.29, 1.82) is 0 Å². The van der Waals surface area contributed by atoms with Crippen LogP contribution >= 0.6 is 27.7 Å². The van der Waals surface area contributed by atoms with Crippen LogP contribution in [-0.2, 0) is 11.3 Å². The van der Waals surface area contributed by atoms with Crippen LogP contribution in [0.25, 0.3) is 22.3 Å². The van der Waals surface area contributed by atoms with E-state index in [9.17, 15) is 4.79 Å². The number of benzene rings is 2. The van der Waals surface area contributed by atoms with Crippen LogP contribution in [0.4, 0.5) is 0 Å². The number of carbonyl (C=O) groups is 1. The Morgan fingerprint density at radius 3 is 2.84 bits per heavy atom. The number of Topliss-reactive ketones (excluding diaryl/α,β-unsaturated/α-hetero) is 1. The molecule has 1 aliphatic heterocycles. The van der Waals surface area contributed by atoms with E-state index in [0.717, 1.165) is 51.4 Å². The third-order valence-corrected chi connectivity index (χ3v) is 6.95. The molecule has 4 aromatic rings. The number of H-pyrrole nitrogens is 1. The smallest absolute Gasteiger partial charge is 0.192 e. The molecule has 0 saturated carbocycles. The van der Waals surface area contributed by atoms with Gasteiger partial charge in [-0.25, -0.2) is 0 Å². The highest BCUT2D eigenvalue weighted by Crippen LogP contribution is 2.31. The Kier molecular flexibility index (Phi) is 5.93. The van der Waals surface area contributed by atoms with Crippen LogP contribution in [0.3, 0.4) is 0 Å². The van der Waals surface area contributed by atoms with Gasteiger partial charge in [0.25, 0.3) is 0 Å². The van der Waals surface area contributed by atoms with E-state index in [1.165, 1.54) is 11.8 Å². The van der Waals surface area contributed by atoms with Crippen molar-refractivity contribution in [2.45, 2.75) is 30.6 Å². The number of aromatic nitrogens is 4. The van der Waals surface area contributed by atoms with Crippen LogP contribution in [0.5, 0.6) is 0 Å². The molecule has 2 aromatic heterocycles. The van der Waals surface area contributed by atoms with Gasteiger partial charge in [-0.3, -0.25) is 9.36 Å². The summed E-state index contributed by atoms with van der Waals surface area (Å²) in [6.07, 6.45) is 4.21. The summed E-state index contributed by atoms with van der Waals surface area (Å²) in [6.45, 7) is 1.47. The number of ether oxygens (including phenoxy) is 1. The van der Waals surface area contributed by atoms with Crippen molar-refractivity contribution in [1.82, 2.24) is 19.7 Å². The van der Waals surface area contributed by atoms with Crippen LogP contribution in [0, 0.1) is 0 Å². The quantitative estimate of drug-likeness (QED) is 0.276. The highest BCUT2D eigenvalue weighted by atomic mass is 79.9. The molecule has 1 aliphatic rings. The first-order chi connectivity index (χ1) is 15.2. The number of carbonyl (C=O) groups excluding carboxylic acids is 1. The summed E-state index contributed by atoms with van der Waals surface area (Å²) >= 11 is 4.83. The molecule has 0 radical (unpaired) electrons.